The summed E-state index contributed by atoms with van der Waals surface area (Å²) in [6.07, 6.45) is 0. The van der Waals surface area contributed by atoms with Crippen LogP contribution in [0.25, 0.3) is 0 Å². The van der Waals surface area contributed by atoms with Crippen molar-refractivity contribution >= 4 is 35.4 Å². The Kier molecular flexibility index (Phi) is 5.85. The molecule has 0 amide bonds. The number of hydrogen-bond donors (Lipinski definition) is 0. The third-order valence-corrected chi connectivity index (χ3v) is 7.55. The average Bonchev–Trinajstić information content (AvgIpc) is 3.44. The first kappa shape index (κ1) is 25.8. The molecular weight excluding hydrogens is 524 g/mol. The van der Waals surface area contributed by atoms with Gasteiger partial charge in [-0.2, -0.15) is 0 Å². The lowest BCUT2D eigenvalue weighted by Gasteiger charge is -2.26. The molecule has 8 heteroatoms. The number of ketones is 2. The Bertz CT molecular complexity index is 1710. The zero-order valence-electron chi connectivity index (χ0n) is 21.8. The van der Waals surface area contributed by atoms with Gasteiger partial charge in [0.05, 0.1) is 22.3 Å². The smallest absolute Gasteiger partial charge is 0.346 e. The predicted molar refractivity (Wildman–Crippen MR) is 144 cm³/mol. The molecular formula is C33H20O8. The molecule has 0 saturated carbocycles. The van der Waals surface area contributed by atoms with Crippen molar-refractivity contribution in [1.29, 1.82) is 0 Å². The van der Waals surface area contributed by atoms with Gasteiger partial charge in [0.2, 0.25) is 0 Å². The molecule has 0 atom stereocenters. The Hall–Kier alpha value is -5.50. The zero-order valence-corrected chi connectivity index (χ0v) is 21.8. The molecule has 0 aliphatic carbocycles. The largest absolute Gasteiger partial charge is 0.386 e. The van der Waals surface area contributed by atoms with E-state index in [1.807, 2.05) is 38.1 Å². The van der Waals surface area contributed by atoms with Gasteiger partial charge in [-0.05, 0) is 35.4 Å². The quantitative estimate of drug-likeness (QED) is 0.187. The molecule has 0 fully saturated rings. The number of fused-ring (bicyclic) bond motifs is 2. The number of ether oxygens (including phenoxy) is 2. The molecule has 41 heavy (non-hydrogen) atoms. The van der Waals surface area contributed by atoms with Crippen LogP contribution >= 0.6 is 0 Å². The van der Waals surface area contributed by atoms with Gasteiger partial charge in [0.1, 0.15) is 0 Å². The first-order valence-electron chi connectivity index (χ1n) is 12.7. The predicted octanol–water partition coefficient (Wildman–Crippen LogP) is 5.10. The van der Waals surface area contributed by atoms with Crippen LogP contribution in [0.1, 0.15) is 98.2 Å². The van der Waals surface area contributed by atoms with E-state index in [1.165, 1.54) is 36.4 Å². The summed E-state index contributed by atoms with van der Waals surface area (Å²) in [5, 5.41) is 0. The highest BCUT2D eigenvalue weighted by Gasteiger charge is 2.32. The monoisotopic (exact) mass is 544 g/mol. The van der Waals surface area contributed by atoms with Crippen molar-refractivity contribution in [3.63, 3.8) is 0 Å². The third-order valence-electron chi connectivity index (χ3n) is 7.55. The van der Waals surface area contributed by atoms with Crippen LogP contribution in [0.4, 0.5) is 0 Å². The summed E-state index contributed by atoms with van der Waals surface area (Å²) in [4.78, 5) is 73.2. The summed E-state index contributed by atoms with van der Waals surface area (Å²) in [5.41, 5.74) is 3.21. The second-order valence-electron chi connectivity index (χ2n) is 10.3. The number of rotatable bonds is 6. The maximum atomic E-state index is 13.1. The fourth-order valence-corrected chi connectivity index (χ4v) is 5.03. The molecule has 2 aliphatic rings. The van der Waals surface area contributed by atoms with Crippen LogP contribution in [0, 0.1) is 0 Å². The summed E-state index contributed by atoms with van der Waals surface area (Å²) >= 11 is 0. The molecule has 0 bridgehead atoms. The molecule has 0 N–H and O–H groups in total. The Morgan fingerprint density at radius 3 is 1.15 bits per heavy atom. The van der Waals surface area contributed by atoms with Gasteiger partial charge in [0.25, 0.3) is 0 Å². The van der Waals surface area contributed by atoms with Crippen molar-refractivity contribution < 1.29 is 38.2 Å². The van der Waals surface area contributed by atoms with Crippen LogP contribution in [-0.4, -0.2) is 35.4 Å². The van der Waals surface area contributed by atoms with E-state index in [-0.39, 0.29) is 44.9 Å². The molecule has 2 aliphatic heterocycles. The van der Waals surface area contributed by atoms with Gasteiger partial charge in [0.15, 0.2) is 11.6 Å². The minimum atomic E-state index is -0.766. The van der Waals surface area contributed by atoms with E-state index in [0.717, 1.165) is 11.1 Å². The molecule has 0 spiro atoms. The van der Waals surface area contributed by atoms with Crippen LogP contribution < -0.4 is 0 Å². The summed E-state index contributed by atoms with van der Waals surface area (Å²) in [6, 6.07) is 22.8. The van der Waals surface area contributed by atoms with Crippen LogP contribution in [0.3, 0.4) is 0 Å². The Morgan fingerprint density at radius 2 is 0.780 bits per heavy atom. The molecule has 2 heterocycles. The summed E-state index contributed by atoms with van der Waals surface area (Å²) < 4.78 is 9.20. The van der Waals surface area contributed by atoms with Crippen molar-refractivity contribution in [2.45, 2.75) is 19.3 Å². The van der Waals surface area contributed by atoms with E-state index in [2.05, 4.69) is 9.47 Å². The molecule has 0 saturated heterocycles. The Morgan fingerprint density at radius 1 is 0.463 bits per heavy atom. The number of cyclic esters (lactones) is 4. The first-order chi connectivity index (χ1) is 19.5. The molecule has 0 unspecified atom stereocenters. The number of benzene rings is 4. The third kappa shape index (κ3) is 4.26. The van der Waals surface area contributed by atoms with Crippen molar-refractivity contribution in [1.82, 2.24) is 0 Å². The summed E-state index contributed by atoms with van der Waals surface area (Å²) in [5.74, 6) is -3.57. The molecule has 8 nitrogen and oxygen atoms in total. The standard InChI is InChI=1S/C33H20O8/c1-33(2,21-9-3-17(4-10-21)27(34)19-7-13-23-25(15-19)31(38)40-29(23)36)22-11-5-18(6-12-22)28(35)20-8-14-24-26(16-20)32(39)41-30(24)37/h3-16H,1-2H3. The minimum Gasteiger partial charge on any atom is -0.386 e. The highest BCUT2D eigenvalue weighted by molar-refractivity contribution is 6.18. The number of esters is 4. The number of carbonyl (C=O) groups is 6. The maximum absolute atomic E-state index is 13.1. The second-order valence-corrected chi connectivity index (χ2v) is 10.3. The lowest BCUT2D eigenvalue weighted by Crippen LogP contribution is -2.19. The second kappa shape index (κ2) is 9.31. The number of hydrogen-bond acceptors (Lipinski definition) is 8. The lowest BCUT2D eigenvalue weighted by atomic mass is 9.77. The fourth-order valence-electron chi connectivity index (χ4n) is 5.03. The maximum Gasteiger partial charge on any atom is 0.346 e. The molecule has 4 aromatic carbocycles. The van der Waals surface area contributed by atoms with E-state index >= 15 is 0 Å². The van der Waals surface area contributed by atoms with E-state index < -0.39 is 29.3 Å². The van der Waals surface area contributed by atoms with Crippen LogP contribution in [0.5, 0.6) is 0 Å². The van der Waals surface area contributed by atoms with Gasteiger partial charge in [-0.1, -0.05) is 74.5 Å². The molecule has 4 aromatic rings. The molecule has 0 aromatic heterocycles. The lowest BCUT2D eigenvalue weighted by molar-refractivity contribution is 0.0425. The van der Waals surface area contributed by atoms with Gasteiger partial charge in [-0.15, -0.1) is 0 Å². The fraction of sp³-hybridized carbons (Fsp3) is 0.0909. The highest BCUT2D eigenvalue weighted by Crippen LogP contribution is 2.33. The summed E-state index contributed by atoms with van der Waals surface area (Å²) in [7, 11) is 0. The van der Waals surface area contributed by atoms with E-state index in [0.29, 0.717) is 11.1 Å². The normalized spacial score (nSPS) is 13.9. The topological polar surface area (TPSA) is 121 Å². The van der Waals surface area contributed by atoms with Crippen LogP contribution in [0.2, 0.25) is 0 Å². The van der Waals surface area contributed by atoms with E-state index in [4.69, 9.17) is 0 Å². The van der Waals surface area contributed by atoms with Gasteiger partial charge < -0.3 is 9.47 Å². The van der Waals surface area contributed by atoms with Crippen molar-refractivity contribution in [2.24, 2.45) is 0 Å². The van der Waals surface area contributed by atoms with Crippen LogP contribution in [0.15, 0.2) is 84.9 Å². The Balaban J connectivity index is 1.20. The van der Waals surface area contributed by atoms with Crippen molar-refractivity contribution in [3.05, 3.63) is 141 Å². The SMILES string of the molecule is CC(C)(c1ccc(C(=O)c2ccc3c(c2)C(=O)OC3=O)cc1)c1ccc(C(=O)c2ccc3c(c2)C(=O)OC3=O)cc1. The van der Waals surface area contributed by atoms with Crippen molar-refractivity contribution in [3.8, 4) is 0 Å². The molecule has 0 radical (unpaired) electrons. The van der Waals surface area contributed by atoms with Gasteiger partial charge in [-0.3, -0.25) is 9.59 Å². The first-order valence-corrected chi connectivity index (χ1v) is 12.7. The minimum absolute atomic E-state index is 0.0781. The van der Waals surface area contributed by atoms with Gasteiger partial charge in [-0.25, -0.2) is 19.2 Å². The van der Waals surface area contributed by atoms with E-state index in [1.54, 1.807) is 24.3 Å². The highest BCUT2D eigenvalue weighted by atomic mass is 16.6. The Labute approximate surface area is 233 Å². The average molecular weight is 545 g/mol. The van der Waals surface area contributed by atoms with Crippen LogP contribution in [-0.2, 0) is 14.9 Å². The molecule has 200 valence electrons. The number of carbonyl (C=O) groups excluding carboxylic acids is 6. The van der Waals surface area contributed by atoms with E-state index in [9.17, 15) is 28.8 Å². The van der Waals surface area contributed by atoms with Crippen molar-refractivity contribution in [2.75, 3.05) is 0 Å². The van der Waals surface area contributed by atoms with Gasteiger partial charge in [0, 0.05) is 27.7 Å². The zero-order chi connectivity index (χ0) is 29.1. The van der Waals surface area contributed by atoms with Gasteiger partial charge >= 0.3 is 23.9 Å². The summed E-state index contributed by atoms with van der Waals surface area (Å²) in [6.45, 7) is 4.04. The molecule has 6 rings (SSSR count).